The monoisotopic (exact) mass is 525 g/mol. The average molecular weight is 527 g/mol. The molecule has 13 heteroatoms. The average Bonchev–Trinajstić information content (AvgIpc) is 2.66. The Kier molecular flexibility index (Phi) is 7.10. The van der Waals surface area contributed by atoms with Crippen molar-refractivity contribution >= 4 is 46.1 Å². The first-order valence-electron chi connectivity index (χ1n) is 8.51. The topological polar surface area (TPSA) is 102 Å². The van der Waals surface area contributed by atoms with E-state index >= 15 is 0 Å². The minimum Gasteiger partial charge on any atom is -0.339 e. The van der Waals surface area contributed by atoms with Crippen molar-refractivity contribution < 1.29 is 27.1 Å². The Morgan fingerprint density at radius 2 is 1.87 bits per heavy atom. The molecule has 1 aromatic heterocycles. The van der Waals surface area contributed by atoms with Gasteiger partial charge in [-0.25, -0.2) is 14.4 Å². The van der Waals surface area contributed by atoms with E-state index < -0.39 is 35.3 Å². The van der Waals surface area contributed by atoms with Crippen molar-refractivity contribution in [2.75, 3.05) is 5.32 Å². The van der Waals surface area contributed by atoms with Crippen molar-refractivity contribution in [2.24, 2.45) is 10.7 Å². The van der Waals surface area contributed by atoms with Crippen LogP contribution in [-0.4, -0.2) is 40.1 Å². The van der Waals surface area contributed by atoms with Crippen molar-refractivity contribution in [1.29, 1.82) is 0 Å². The number of nitrogens with two attached hydrogens (primary N) is 1. The molecule has 1 amide bonds. The van der Waals surface area contributed by atoms with Gasteiger partial charge in [-0.2, -0.15) is 13.2 Å². The molecule has 0 fully saturated rings. The standard InChI is InChI=1S/C18H16BrF4N5O2.ClH/c1-16(18(21,22)23)8-27-17(2,15(24)30-16)11-5-10(3-4-12(11)20)28-14(29)13-25-6-9(19)7-26-13;/h3-8,15H,24H2,1-2H3,(H,28,29);1H/t15-,16-,17-;/m1./s1. The predicted octanol–water partition coefficient (Wildman–Crippen LogP) is 3.97. The zero-order valence-corrected chi connectivity index (χ0v) is 18.5. The number of alkyl halides is 3. The summed E-state index contributed by atoms with van der Waals surface area (Å²) >= 11 is 3.15. The number of anilines is 1. The molecule has 3 N–H and O–H groups in total. The minimum atomic E-state index is -4.76. The fraction of sp³-hybridized carbons (Fsp3) is 0.333. The number of rotatable bonds is 3. The molecule has 0 saturated heterocycles. The molecule has 1 aliphatic rings. The molecule has 168 valence electrons. The summed E-state index contributed by atoms with van der Waals surface area (Å²) in [6, 6.07) is 3.54. The fourth-order valence-corrected chi connectivity index (χ4v) is 2.91. The van der Waals surface area contributed by atoms with E-state index in [1.807, 2.05) is 0 Å². The third kappa shape index (κ3) is 4.86. The summed E-state index contributed by atoms with van der Waals surface area (Å²) in [5.41, 5.74) is 1.46. The SMILES string of the molecule is C[C@]1(C(F)(F)F)C=N[C@](C)(c2cc(NC(=O)c3ncc(Br)cn3)ccc2F)[C@H](N)O1.Cl. The second-order valence-corrected chi connectivity index (χ2v) is 7.84. The first kappa shape index (κ1) is 25.1. The maximum atomic E-state index is 14.6. The zero-order chi connectivity index (χ0) is 22.3. The summed E-state index contributed by atoms with van der Waals surface area (Å²) in [5.74, 6) is -1.57. The molecule has 0 saturated carbocycles. The third-order valence-corrected chi connectivity index (χ3v) is 5.07. The van der Waals surface area contributed by atoms with E-state index in [2.05, 4.69) is 36.2 Å². The molecule has 2 aromatic rings. The first-order valence-corrected chi connectivity index (χ1v) is 9.30. The summed E-state index contributed by atoms with van der Waals surface area (Å²) in [5, 5.41) is 2.50. The molecule has 1 aromatic carbocycles. The lowest BCUT2D eigenvalue weighted by molar-refractivity contribution is -0.263. The van der Waals surface area contributed by atoms with Crippen LogP contribution in [0.1, 0.15) is 30.0 Å². The normalized spacial score (nSPS) is 25.6. The van der Waals surface area contributed by atoms with Crippen LogP contribution < -0.4 is 11.1 Å². The summed E-state index contributed by atoms with van der Waals surface area (Å²) in [7, 11) is 0. The molecule has 0 aliphatic carbocycles. The maximum Gasteiger partial charge on any atom is 0.422 e. The van der Waals surface area contributed by atoms with Gasteiger partial charge in [0.2, 0.25) is 5.82 Å². The summed E-state index contributed by atoms with van der Waals surface area (Å²) in [6.45, 7) is 2.12. The second kappa shape index (κ2) is 8.77. The Bertz CT molecular complexity index is 1010. The van der Waals surface area contributed by atoms with Gasteiger partial charge in [0.1, 0.15) is 17.6 Å². The van der Waals surface area contributed by atoms with Gasteiger partial charge in [0.15, 0.2) is 5.60 Å². The lowest BCUT2D eigenvalue weighted by Crippen LogP contribution is -2.59. The number of hydrogen-bond acceptors (Lipinski definition) is 6. The van der Waals surface area contributed by atoms with Crippen molar-refractivity contribution in [1.82, 2.24) is 9.97 Å². The molecule has 7 nitrogen and oxygen atoms in total. The van der Waals surface area contributed by atoms with E-state index in [1.54, 1.807) is 0 Å². The van der Waals surface area contributed by atoms with Crippen LogP contribution in [0.4, 0.5) is 23.2 Å². The Morgan fingerprint density at radius 3 is 2.42 bits per heavy atom. The number of benzene rings is 1. The number of carbonyl (C=O) groups excluding carboxylic acids is 1. The van der Waals surface area contributed by atoms with Gasteiger partial charge in [0.25, 0.3) is 5.91 Å². The van der Waals surface area contributed by atoms with Gasteiger partial charge < -0.3 is 15.8 Å². The van der Waals surface area contributed by atoms with E-state index in [9.17, 15) is 22.4 Å². The van der Waals surface area contributed by atoms with E-state index in [4.69, 9.17) is 10.5 Å². The largest absolute Gasteiger partial charge is 0.422 e. The third-order valence-electron chi connectivity index (χ3n) is 4.66. The number of nitrogens with zero attached hydrogens (tertiary/aromatic N) is 3. The molecular weight excluding hydrogens is 510 g/mol. The number of ether oxygens (including phenoxy) is 1. The Hall–Kier alpha value is -2.15. The number of halogens is 6. The van der Waals surface area contributed by atoms with Crippen LogP contribution >= 0.6 is 28.3 Å². The highest BCUT2D eigenvalue weighted by Crippen LogP contribution is 2.42. The van der Waals surface area contributed by atoms with E-state index in [0.717, 1.165) is 13.0 Å². The van der Waals surface area contributed by atoms with Crippen LogP contribution in [0.3, 0.4) is 0 Å². The molecule has 31 heavy (non-hydrogen) atoms. The molecule has 3 rings (SSSR count). The molecule has 2 heterocycles. The number of aromatic nitrogens is 2. The Balaban J connectivity index is 0.00000341. The number of amides is 1. The van der Waals surface area contributed by atoms with E-state index in [0.29, 0.717) is 10.7 Å². The lowest BCUT2D eigenvalue weighted by Gasteiger charge is -2.42. The molecule has 0 radical (unpaired) electrons. The first-order chi connectivity index (χ1) is 13.9. The van der Waals surface area contributed by atoms with Gasteiger partial charge in [0.05, 0.1) is 4.47 Å². The summed E-state index contributed by atoms with van der Waals surface area (Å²) in [4.78, 5) is 23.9. The summed E-state index contributed by atoms with van der Waals surface area (Å²) in [6.07, 6.45) is -3.04. The number of aliphatic imine (C=N–C) groups is 1. The van der Waals surface area contributed by atoms with Crippen molar-refractivity contribution in [2.45, 2.75) is 37.4 Å². The second-order valence-electron chi connectivity index (χ2n) is 6.92. The van der Waals surface area contributed by atoms with Crippen molar-refractivity contribution in [3.63, 3.8) is 0 Å². The van der Waals surface area contributed by atoms with Crippen LogP contribution in [0, 0.1) is 5.82 Å². The van der Waals surface area contributed by atoms with Crippen LogP contribution in [-0.2, 0) is 10.3 Å². The predicted molar refractivity (Wildman–Crippen MR) is 111 cm³/mol. The van der Waals surface area contributed by atoms with Gasteiger partial charge in [-0.1, -0.05) is 0 Å². The van der Waals surface area contributed by atoms with Gasteiger partial charge >= 0.3 is 6.18 Å². The number of nitrogens with one attached hydrogen (secondary N) is 1. The van der Waals surface area contributed by atoms with Crippen LogP contribution in [0.2, 0.25) is 0 Å². The molecule has 0 bridgehead atoms. The Morgan fingerprint density at radius 1 is 1.26 bits per heavy atom. The summed E-state index contributed by atoms with van der Waals surface area (Å²) < 4.78 is 59.8. The fourth-order valence-electron chi connectivity index (χ4n) is 2.71. The molecular formula is C18H17BrClF4N5O2. The quantitative estimate of drug-likeness (QED) is 0.589. The minimum absolute atomic E-state index is 0. The van der Waals surface area contributed by atoms with Gasteiger partial charge in [0, 0.05) is 29.9 Å². The lowest BCUT2D eigenvalue weighted by atomic mass is 9.87. The smallest absolute Gasteiger partial charge is 0.339 e. The van der Waals surface area contributed by atoms with Crippen molar-refractivity contribution in [3.05, 3.63) is 52.3 Å². The number of carbonyl (C=O) groups is 1. The zero-order valence-electron chi connectivity index (χ0n) is 16.1. The van der Waals surface area contributed by atoms with Gasteiger partial charge in [-0.15, -0.1) is 12.4 Å². The highest BCUT2D eigenvalue weighted by molar-refractivity contribution is 9.10. The van der Waals surface area contributed by atoms with Gasteiger partial charge in [-0.05, 0) is 48.0 Å². The molecule has 1 aliphatic heterocycles. The highest BCUT2D eigenvalue weighted by Gasteiger charge is 2.57. The molecule has 0 spiro atoms. The maximum absolute atomic E-state index is 14.6. The van der Waals surface area contributed by atoms with E-state index in [-0.39, 0.29) is 29.5 Å². The van der Waals surface area contributed by atoms with Crippen LogP contribution in [0.5, 0.6) is 0 Å². The highest BCUT2D eigenvalue weighted by atomic mass is 79.9. The van der Waals surface area contributed by atoms with Crippen LogP contribution in [0.15, 0.2) is 40.1 Å². The molecule has 3 atom stereocenters. The van der Waals surface area contributed by atoms with Crippen LogP contribution in [0.25, 0.3) is 0 Å². The van der Waals surface area contributed by atoms with Crippen molar-refractivity contribution in [3.8, 4) is 0 Å². The Labute approximate surface area is 189 Å². The van der Waals surface area contributed by atoms with Gasteiger partial charge in [-0.3, -0.25) is 9.79 Å². The van der Waals surface area contributed by atoms with E-state index in [1.165, 1.54) is 31.5 Å². The number of hydrogen-bond donors (Lipinski definition) is 2. The molecule has 0 unspecified atom stereocenters.